The molecule has 1 aromatic carbocycles. The zero-order chi connectivity index (χ0) is 35.4. The van der Waals surface area contributed by atoms with Gasteiger partial charge in [0, 0.05) is 30.8 Å². The van der Waals surface area contributed by atoms with E-state index in [-0.39, 0.29) is 37.4 Å². The number of nitrogens with two attached hydrogens (primary N) is 1. The maximum atomic E-state index is 13.3. The molecular weight excluding hydrogens is 664 g/mol. The van der Waals surface area contributed by atoms with Gasteiger partial charge in [0.25, 0.3) is 0 Å². The van der Waals surface area contributed by atoms with Crippen LogP contribution in [0.2, 0.25) is 0 Å². The number of carbonyl (C=O) groups is 8. The van der Waals surface area contributed by atoms with Gasteiger partial charge in [0.15, 0.2) is 0 Å². The molecule has 20 heteroatoms. The first-order valence-corrected chi connectivity index (χ1v) is 16.5. The number of carboxylic acids is 3. The summed E-state index contributed by atoms with van der Waals surface area (Å²) in [7, 11) is 2.20. The van der Waals surface area contributed by atoms with Crippen LogP contribution in [0, 0.1) is 0 Å². The Balaban J connectivity index is 2.86. The smallest absolute Gasteiger partial charge is 0.426 e. The molecule has 0 saturated heterocycles. The molecule has 0 aliphatic carbocycles. The highest BCUT2D eigenvalue weighted by Crippen LogP contribution is 2.22. The van der Waals surface area contributed by atoms with E-state index in [0.29, 0.717) is 5.56 Å². The molecule has 0 aromatic heterocycles. The van der Waals surface area contributed by atoms with E-state index in [1.807, 2.05) is 0 Å². The Kier molecular flexibility index (Phi) is 19.0. The first-order valence-electron chi connectivity index (χ1n) is 14.1. The van der Waals surface area contributed by atoms with Crippen LogP contribution in [0.25, 0.3) is 0 Å². The predicted octanol–water partition coefficient (Wildman–Crippen LogP) is -1.02. The maximum Gasteiger partial charge on any atom is 0.426 e. The summed E-state index contributed by atoms with van der Waals surface area (Å²) in [5, 5.41) is 34.8. The summed E-state index contributed by atoms with van der Waals surface area (Å²) in [5.74, 6) is -7.28. The minimum atomic E-state index is -1.65. The lowest BCUT2D eigenvalue weighted by Crippen LogP contribution is -2.57. The molecule has 1 rings (SSSR count). The van der Waals surface area contributed by atoms with E-state index < -0.39 is 84.6 Å². The second-order valence-electron chi connectivity index (χ2n) is 9.62. The standard InChI is InChI=1S/C27H38N6O12S2/c1-2-20(34)32-33-27(44)45-10-11-46-47-14-19(26(42)43)31-23(38)17(12-15-6-4-3-5-7-15)30-24(39)18(13-22(36)37)29-21(35)9-8-16(28)25(40)41/h3-7,16-19H,2,8-14,28H2,1H3,(H,29,35)(H,30,39)(H,31,38)(H,32,34)(H,33,44)(H,36,37)(H,40,41)(H,42,43)/t16-,17-,18-,19-/m0/s1. The van der Waals surface area contributed by atoms with Crippen LogP contribution in [0.4, 0.5) is 4.79 Å². The molecule has 0 heterocycles. The van der Waals surface area contributed by atoms with Crippen molar-refractivity contribution in [3.8, 4) is 0 Å². The van der Waals surface area contributed by atoms with Crippen LogP contribution in [-0.4, -0.2) is 105 Å². The average Bonchev–Trinajstić information content (AvgIpc) is 3.02. The fourth-order valence-corrected chi connectivity index (χ4v) is 5.41. The number of hydrogen-bond donors (Lipinski definition) is 9. The van der Waals surface area contributed by atoms with Gasteiger partial charge in [0.2, 0.25) is 23.6 Å². The third kappa shape index (κ3) is 17.6. The zero-order valence-electron chi connectivity index (χ0n) is 25.3. The molecule has 1 aromatic rings. The summed E-state index contributed by atoms with van der Waals surface area (Å²) in [4.78, 5) is 95.6. The molecule has 0 bridgehead atoms. The predicted molar refractivity (Wildman–Crippen MR) is 169 cm³/mol. The third-order valence-corrected chi connectivity index (χ3v) is 8.28. The fourth-order valence-electron chi connectivity index (χ4n) is 3.43. The number of hydrazine groups is 1. The van der Waals surface area contributed by atoms with E-state index in [9.17, 15) is 48.6 Å². The second-order valence-corrected chi connectivity index (χ2v) is 12.2. The summed E-state index contributed by atoms with van der Waals surface area (Å²) < 4.78 is 4.86. The highest BCUT2D eigenvalue weighted by molar-refractivity contribution is 8.76. The van der Waals surface area contributed by atoms with Gasteiger partial charge >= 0.3 is 24.0 Å². The molecule has 0 unspecified atom stereocenters. The summed E-state index contributed by atoms with van der Waals surface area (Å²) in [6, 6.07) is 2.53. The average molecular weight is 703 g/mol. The number of carbonyl (C=O) groups excluding carboxylic acids is 5. The van der Waals surface area contributed by atoms with Gasteiger partial charge in [0.1, 0.15) is 30.8 Å². The number of nitrogens with one attached hydrogen (secondary N) is 5. The first kappa shape index (κ1) is 40.5. The Morgan fingerprint density at radius 2 is 1.45 bits per heavy atom. The molecule has 260 valence electrons. The minimum absolute atomic E-state index is 0.0683. The number of amides is 5. The van der Waals surface area contributed by atoms with E-state index in [4.69, 9.17) is 15.6 Å². The van der Waals surface area contributed by atoms with Gasteiger partial charge in [-0.3, -0.25) is 34.2 Å². The van der Waals surface area contributed by atoms with E-state index in [0.717, 1.165) is 21.6 Å². The van der Waals surface area contributed by atoms with Crippen LogP contribution in [0.3, 0.4) is 0 Å². The van der Waals surface area contributed by atoms with Crippen LogP contribution in [-0.2, 0) is 44.7 Å². The van der Waals surface area contributed by atoms with Gasteiger partial charge in [-0.2, -0.15) is 0 Å². The Morgan fingerprint density at radius 1 is 0.809 bits per heavy atom. The maximum absolute atomic E-state index is 13.3. The van der Waals surface area contributed by atoms with Gasteiger partial charge < -0.3 is 41.7 Å². The van der Waals surface area contributed by atoms with Crippen molar-refractivity contribution in [3.05, 3.63) is 35.9 Å². The summed E-state index contributed by atoms with van der Waals surface area (Å²) in [5.41, 5.74) is 10.1. The van der Waals surface area contributed by atoms with Gasteiger partial charge in [0.05, 0.1) is 6.42 Å². The molecule has 18 nitrogen and oxygen atoms in total. The van der Waals surface area contributed by atoms with E-state index in [1.54, 1.807) is 37.3 Å². The molecule has 0 aliphatic rings. The quantitative estimate of drug-likeness (QED) is 0.0421. The summed E-state index contributed by atoms with van der Waals surface area (Å²) >= 11 is 0. The molecule has 4 atom stereocenters. The van der Waals surface area contributed by atoms with Crippen molar-refractivity contribution in [2.75, 3.05) is 18.1 Å². The largest absolute Gasteiger partial charge is 0.481 e. The summed E-state index contributed by atoms with van der Waals surface area (Å²) in [6.07, 6.45) is -2.41. The lowest BCUT2D eigenvalue weighted by atomic mass is 10.0. The zero-order valence-corrected chi connectivity index (χ0v) is 26.9. The van der Waals surface area contributed by atoms with Gasteiger partial charge in [-0.1, -0.05) is 58.8 Å². The number of ether oxygens (including phenoxy) is 1. The number of carboxylic acid groups (broad SMARTS) is 3. The highest BCUT2D eigenvalue weighted by atomic mass is 33.1. The number of hydrogen-bond acceptors (Lipinski definition) is 12. The van der Waals surface area contributed by atoms with Gasteiger partial charge in [-0.25, -0.2) is 15.0 Å². The van der Waals surface area contributed by atoms with Crippen molar-refractivity contribution in [2.45, 2.75) is 63.2 Å². The number of rotatable bonds is 21. The van der Waals surface area contributed by atoms with Crippen molar-refractivity contribution in [3.63, 3.8) is 0 Å². The Morgan fingerprint density at radius 3 is 2.04 bits per heavy atom. The lowest BCUT2D eigenvalue weighted by molar-refractivity contribution is -0.142. The third-order valence-electron chi connectivity index (χ3n) is 5.90. The van der Waals surface area contributed by atoms with Crippen LogP contribution in [0.15, 0.2) is 30.3 Å². The molecular formula is C27H38N6O12S2. The first-order chi connectivity index (χ1) is 22.2. The second kappa shape index (κ2) is 22.0. The monoisotopic (exact) mass is 702 g/mol. The number of aliphatic carboxylic acids is 3. The highest BCUT2D eigenvalue weighted by Gasteiger charge is 2.31. The Labute approximate surface area is 277 Å². The minimum Gasteiger partial charge on any atom is -0.481 e. The van der Waals surface area contributed by atoms with Crippen molar-refractivity contribution in [1.29, 1.82) is 0 Å². The van der Waals surface area contributed by atoms with Crippen LogP contribution >= 0.6 is 21.6 Å². The molecule has 47 heavy (non-hydrogen) atoms. The van der Waals surface area contributed by atoms with E-state index >= 15 is 0 Å². The van der Waals surface area contributed by atoms with Crippen molar-refractivity contribution in [2.24, 2.45) is 5.73 Å². The normalized spacial score (nSPS) is 13.1. The SMILES string of the molecule is CCC(=O)NNC(=O)OCCSSC[C@H](NC(=O)[C@H](Cc1ccccc1)NC(=O)[C@H](CC(=O)O)NC(=O)CC[C@H](N)C(=O)O)C(=O)O. The molecule has 0 aliphatic heterocycles. The van der Waals surface area contributed by atoms with E-state index in [2.05, 4.69) is 26.8 Å². The number of benzene rings is 1. The molecule has 5 amide bonds. The molecule has 0 fully saturated rings. The van der Waals surface area contributed by atoms with E-state index in [1.165, 1.54) is 0 Å². The lowest BCUT2D eigenvalue weighted by Gasteiger charge is -2.24. The molecule has 0 spiro atoms. The van der Waals surface area contributed by atoms with Crippen LogP contribution in [0.1, 0.15) is 38.2 Å². The Hall–Kier alpha value is -4.56. The topological polar surface area (TPSA) is 293 Å². The van der Waals surface area contributed by atoms with Crippen molar-refractivity contribution in [1.82, 2.24) is 26.8 Å². The molecule has 0 radical (unpaired) electrons. The van der Waals surface area contributed by atoms with Crippen molar-refractivity contribution < 1.29 is 58.4 Å². The van der Waals surface area contributed by atoms with Crippen LogP contribution in [0.5, 0.6) is 0 Å². The van der Waals surface area contributed by atoms with Gasteiger partial charge in [-0.05, 0) is 12.0 Å². The van der Waals surface area contributed by atoms with Crippen LogP contribution < -0.4 is 32.5 Å². The molecule has 0 saturated carbocycles. The fraction of sp³-hybridized carbons (Fsp3) is 0.481. The Bertz CT molecular complexity index is 1260. The molecule has 10 N–H and O–H groups in total. The summed E-state index contributed by atoms with van der Waals surface area (Å²) in [6.45, 7) is 1.52. The van der Waals surface area contributed by atoms with Gasteiger partial charge in [-0.15, -0.1) is 0 Å². The van der Waals surface area contributed by atoms with Crippen molar-refractivity contribution >= 4 is 69.2 Å².